The van der Waals surface area contributed by atoms with Crippen LogP contribution < -0.4 is 14.4 Å². The summed E-state index contributed by atoms with van der Waals surface area (Å²) in [5.74, 6) is 0.280. The molecule has 0 radical (unpaired) electrons. The molecule has 0 saturated carbocycles. The molecule has 0 unspecified atom stereocenters. The second kappa shape index (κ2) is 13.1. The molecule has 0 heterocycles. The van der Waals surface area contributed by atoms with E-state index in [0.717, 1.165) is 23.8 Å². The van der Waals surface area contributed by atoms with Crippen LogP contribution in [0.3, 0.4) is 0 Å². The Morgan fingerprint density at radius 2 is 1.74 bits per heavy atom. The number of aryl methyl sites for hydroxylation is 1. The summed E-state index contributed by atoms with van der Waals surface area (Å²) in [4.78, 5) is 27.5. The van der Waals surface area contributed by atoms with Crippen molar-refractivity contribution in [1.82, 2.24) is 10.2 Å². The number of methoxy groups -OCH3 is 1. The molecule has 0 saturated heterocycles. The van der Waals surface area contributed by atoms with Gasteiger partial charge in [0.05, 0.1) is 19.1 Å². The lowest BCUT2D eigenvalue weighted by atomic mass is 10.1. The van der Waals surface area contributed by atoms with E-state index < -0.39 is 16.1 Å². The first-order chi connectivity index (χ1) is 16.6. The first-order valence-electron chi connectivity index (χ1n) is 11.8. The lowest BCUT2D eigenvalue weighted by molar-refractivity contribution is -0.140. The average molecular weight is 504 g/mol. The molecule has 35 heavy (non-hydrogen) atoms. The summed E-state index contributed by atoms with van der Waals surface area (Å²) in [6.45, 7) is 6.49. The normalized spacial score (nSPS) is 12.0. The van der Waals surface area contributed by atoms with Crippen molar-refractivity contribution in [2.24, 2.45) is 0 Å². The Bertz CT molecular complexity index is 1090. The SMILES string of the molecule is CCCNC(=O)[C@H](C)N(Cc1ccc(OC)cc1)C(=O)CCCN(c1ccccc1C)S(C)(=O)=O. The van der Waals surface area contributed by atoms with Gasteiger partial charge >= 0.3 is 0 Å². The van der Waals surface area contributed by atoms with Gasteiger partial charge in [-0.2, -0.15) is 0 Å². The molecule has 192 valence electrons. The largest absolute Gasteiger partial charge is 0.497 e. The monoisotopic (exact) mass is 503 g/mol. The number of nitrogens with zero attached hydrogens (tertiary/aromatic N) is 2. The molecule has 9 heteroatoms. The van der Waals surface area contributed by atoms with Crippen molar-refractivity contribution in [3.63, 3.8) is 0 Å². The molecule has 0 aliphatic rings. The van der Waals surface area contributed by atoms with Crippen LogP contribution in [0.15, 0.2) is 48.5 Å². The van der Waals surface area contributed by atoms with Crippen LogP contribution in [0.4, 0.5) is 5.69 Å². The van der Waals surface area contributed by atoms with Gasteiger partial charge < -0.3 is 15.0 Å². The predicted octanol–water partition coefficient (Wildman–Crippen LogP) is 3.49. The summed E-state index contributed by atoms with van der Waals surface area (Å²) in [6, 6.07) is 13.9. The van der Waals surface area contributed by atoms with Gasteiger partial charge in [-0.25, -0.2) is 8.42 Å². The molecule has 1 N–H and O–H groups in total. The summed E-state index contributed by atoms with van der Waals surface area (Å²) in [6.07, 6.45) is 2.39. The molecule has 0 aliphatic carbocycles. The van der Waals surface area contributed by atoms with Crippen LogP contribution >= 0.6 is 0 Å². The van der Waals surface area contributed by atoms with Gasteiger partial charge in [0.25, 0.3) is 0 Å². The molecule has 2 rings (SSSR count). The molecule has 8 nitrogen and oxygen atoms in total. The highest BCUT2D eigenvalue weighted by Crippen LogP contribution is 2.23. The van der Waals surface area contributed by atoms with E-state index in [-0.39, 0.29) is 31.3 Å². The number of carbonyl (C=O) groups excluding carboxylic acids is 2. The van der Waals surface area contributed by atoms with Crippen molar-refractivity contribution in [2.45, 2.75) is 52.6 Å². The fourth-order valence-corrected chi connectivity index (χ4v) is 4.75. The molecule has 2 aromatic carbocycles. The molecule has 2 amide bonds. The summed E-state index contributed by atoms with van der Waals surface area (Å²) in [7, 11) is -1.94. The van der Waals surface area contributed by atoms with E-state index in [2.05, 4.69) is 5.32 Å². The highest BCUT2D eigenvalue weighted by atomic mass is 32.2. The molecular weight excluding hydrogens is 466 g/mol. The maximum Gasteiger partial charge on any atom is 0.242 e. The smallest absolute Gasteiger partial charge is 0.242 e. The lowest BCUT2D eigenvalue weighted by Gasteiger charge is -2.29. The molecule has 2 aromatic rings. The number of benzene rings is 2. The van der Waals surface area contributed by atoms with Crippen molar-refractivity contribution in [2.75, 3.05) is 30.8 Å². The Morgan fingerprint density at radius 1 is 1.09 bits per heavy atom. The van der Waals surface area contributed by atoms with Crippen molar-refractivity contribution >= 4 is 27.5 Å². The average Bonchev–Trinajstić information content (AvgIpc) is 2.83. The van der Waals surface area contributed by atoms with E-state index in [1.807, 2.05) is 50.2 Å². The Labute approximate surface area is 209 Å². The number of rotatable bonds is 13. The third kappa shape index (κ3) is 8.28. The van der Waals surface area contributed by atoms with E-state index in [9.17, 15) is 18.0 Å². The van der Waals surface area contributed by atoms with E-state index in [4.69, 9.17) is 4.74 Å². The molecule has 0 aromatic heterocycles. The van der Waals surface area contributed by atoms with Gasteiger partial charge in [0.1, 0.15) is 11.8 Å². The van der Waals surface area contributed by atoms with Gasteiger partial charge in [0.15, 0.2) is 0 Å². The number of amides is 2. The predicted molar refractivity (Wildman–Crippen MR) is 139 cm³/mol. The summed E-state index contributed by atoms with van der Waals surface area (Å²) >= 11 is 0. The minimum absolute atomic E-state index is 0.111. The van der Waals surface area contributed by atoms with Gasteiger partial charge in [-0.15, -0.1) is 0 Å². The minimum Gasteiger partial charge on any atom is -0.497 e. The number of sulfonamides is 1. The van der Waals surface area contributed by atoms with Crippen LogP contribution in [-0.4, -0.2) is 57.6 Å². The molecule has 0 aliphatic heterocycles. The van der Waals surface area contributed by atoms with Crippen LogP contribution in [0.1, 0.15) is 44.2 Å². The summed E-state index contributed by atoms with van der Waals surface area (Å²) in [5.41, 5.74) is 2.31. The highest BCUT2D eigenvalue weighted by Gasteiger charge is 2.26. The zero-order chi connectivity index (χ0) is 26.0. The standard InChI is InChI=1S/C26H37N3O5S/c1-6-17-27-26(31)21(3)28(19-22-13-15-23(34-4)16-14-22)25(30)12-9-18-29(35(5,32)33)24-11-8-7-10-20(24)2/h7-8,10-11,13-16,21H,6,9,12,17-19H2,1-5H3,(H,27,31)/t21-/m0/s1. The quantitative estimate of drug-likeness (QED) is 0.451. The van der Waals surface area contributed by atoms with Crippen molar-refractivity contribution in [1.29, 1.82) is 0 Å². The zero-order valence-electron chi connectivity index (χ0n) is 21.3. The van der Waals surface area contributed by atoms with Gasteiger partial charge in [0, 0.05) is 26.1 Å². The molecule has 0 fully saturated rings. The Kier molecular flexibility index (Phi) is 10.6. The van der Waals surface area contributed by atoms with Gasteiger partial charge in [-0.1, -0.05) is 37.3 Å². The second-order valence-corrected chi connectivity index (χ2v) is 10.5. The van der Waals surface area contributed by atoms with Gasteiger partial charge in [0.2, 0.25) is 21.8 Å². The number of nitrogens with one attached hydrogen (secondary N) is 1. The number of para-hydroxylation sites is 1. The highest BCUT2D eigenvalue weighted by molar-refractivity contribution is 7.92. The number of ether oxygens (including phenoxy) is 1. The van der Waals surface area contributed by atoms with Crippen molar-refractivity contribution in [3.8, 4) is 5.75 Å². The number of carbonyl (C=O) groups is 2. The zero-order valence-corrected chi connectivity index (χ0v) is 22.1. The van der Waals surface area contributed by atoms with Gasteiger partial charge in [-0.05, 0) is 56.0 Å². The van der Waals surface area contributed by atoms with Crippen LogP contribution in [0, 0.1) is 6.92 Å². The second-order valence-electron chi connectivity index (χ2n) is 8.56. The molecule has 1 atom stereocenters. The first kappa shape index (κ1) is 28.2. The van der Waals surface area contributed by atoms with E-state index >= 15 is 0 Å². The topological polar surface area (TPSA) is 96.0 Å². The molecular formula is C26H37N3O5S. The molecule has 0 bridgehead atoms. The summed E-state index contributed by atoms with van der Waals surface area (Å²) < 4.78 is 31.4. The van der Waals surface area contributed by atoms with E-state index in [1.54, 1.807) is 31.1 Å². The third-order valence-corrected chi connectivity index (χ3v) is 6.94. The first-order valence-corrected chi connectivity index (χ1v) is 13.7. The number of hydrogen-bond acceptors (Lipinski definition) is 5. The van der Waals surface area contributed by atoms with Gasteiger partial charge in [-0.3, -0.25) is 13.9 Å². The fourth-order valence-electron chi connectivity index (χ4n) is 3.73. The summed E-state index contributed by atoms with van der Waals surface area (Å²) in [5, 5.41) is 2.85. The van der Waals surface area contributed by atoms with Crippen molar-refractivity contribution < 1.29 is 22.7 Å². The maximum atomic E-state index is 13.3. The fraction of sp³-hybridized carbons (Fsp3) is 0.462. The lowest BCUT2D eigenvalue weighted by Crippen LogP contribution is -2.47. The Hall–Kier alpha value is -3.07. The van der Waals surface area contributed by atoms with Crippen LogP contribution in [0.5, 0.6) is 5.75 Å². The van der Waals surface area contributed by atoms with E-state index in [0.29, 0.717) is 24.4 Å². The maximum absolute atomic E-state index is 13.3. The minimum atomic E-state index is -3.52. The van der Waals surface area contributed by atoms with Crippen LogP contribution in [0.2, 0.25) is 0 Å². The van der Waals surface area contributed by atoms with Crippen LogP contribution in [0.25, 0.3) is 0 Å². The van der Waals surface area contributed by atoms with Crippen LogP contribution in [-0.2, 0) is 26.2 Å². The number of anilines is 1. The molecule has 0 spiro atoms. The Morgan fingerprint density at radius 3 is 2.31 bits per heavy atom. The van der Waals surface area contributed by atoms with E-state index in [1.165, 1.54) is 4.31 Å². The van der Waals surface area contributed by atoms with Crippen molar-refractivity contribution in [3.05, 3.63) is 59.7 Å². The number of hydrogen-bond donors (Lipinski definition) is 1. The Balaban J connectivity index is 2.16. The third-order valence-electron chi connectivity index (χ3n) is 5.76.